The average Bonchev–Trinajstić information content (AvgIpc) is 3.21. The summed E-state index contributed by atoms with van der Waals surface area (Å²) in [7, 11) is 3.27. The van der Waals surface area contributed by atoms with Gasteiger partial charge in [-0.25, -0.2) is 0 Å². The molecule has 1 fully saturated rings. The second-order valence-corrected chi connectivity index (χ2v) is 5.00. The Kier molecular flexibility index (Phi) is 4.43. The fourth-order valence-corrected chi connectivity index (χ4v) is 2.64. The number of rotatable bonds is 7. The molecule has 0 saturated heterocycles. The summed E-state index contributed by atoms with van der Waals surface area (Å²) in [5, 5.41) is 9.11. The zero-order chi connectivity index (χ0) is 13.8. The topological polar surface area (TPSA) is 55.8 Å². The number of methoxy groups -OCH3 is 2. The largest absolute Gasteiger partial charge is 0.496 e. The second-order valence-electron chi connectivity index (χ2n) is 5.00. The van der Waals surface area contributed by atoms with Crippen LogP contribution in [0.15, 0.2) is 18.2 Å². The van der Waals surface area contributed by atoms with Crippen molar-refractivity contribution in [1.29, 1.82) is 0 Å². The number of hydrogen-bond acceptors (Lipinski definition) is 3. The first-order chi connectivity index (χ1) is 9.17. The van der Waals surface area contributed by atoms with Crippen molar-refractivity contribution in [2.45, 2.75) is 31.8 Å². The lowest BCUT2D eigenvalue weighted by Crippen LogP contribution is -2.12. The summed E-state index contributed by atoms with van der Waals surface area (Å²) < 4.78 is 10.6. The molecule has 1 aromatic rings. The highest BCUT2D eigenvalue weighted by molar-refractivity contribution is 5.68. The molecule has 0 aromatic heterocycles. The standard InChI is InChI=1S/C15H20O4/c1-18-9-13-11(4-3-5-14(13)19-2)12(8-15(16)17)10-6-7-10/h3-5,10,12H,6-9H2,1-2H3,(H,16,17). The molecule has 2 rings (SSSR count). The van der Waals surface area contributed by atoms with Crippen molar-refractivity contribution in [3.63, 3.8) is 0 Å². The van der Waals surface area contributed by atoms with Crippen molar-refractivity contribution >= 4 is 5.97 Å². The molecule has 1 saturated carbocycles. The normalized spacial score (nSPS) is 16.1. The number of aliphatic carboxylic acids is 1. The lowest BCUT2D eigenvalue weighted by atomic mass is 9.87. The molecular formula is C15H20O4. The Hall–Kier alpha value is -1.55. The first kappa shape index (κ1) is 13.9. The summed E-state index contributed by atoms with van der Waals surface area (Å²) in [4.78, 5) is 11.1. The van der Waals surface area contributed by atoms with Crippen LogP contribution in [0.25, 0.3) is 0 Å². The highest BCUT2D eigenvalue weighted by Gasteiger charge is 2.35. The number of carboxylic acid groups (broad SMARTS) is 1. The van der Waals surface area contributed by atoms with E-state index in [1.807, 2.05) is 18.2 Å². The number of carboxylic acids is 1. The van der Waals surface area contributed by atoms with E-state index in [0.717, 1.165) is 29.7 Å². The quantitative estimate of drug-likeness (QED) is 0.822. The zero-order valence-corrected chi connectivity index (χ0v) is 11.4. The molecule has 0 radical (unpaired) electrons. The Labute approximate surface area is 113 Å². The lowest BCUT2D eigenvalue weighted by Gasteiger charge is -2.20. The molecule has 1 aliphatic carbocycles. The maximum atomic E-state index is 11.1. The molecule has 4 heteroatoms. The van der Waals surface area contributed by atoms with E-state index in [4.69, 9.17) is 14.6 Å². The maximum absolute atomic E-state index is 11.1. The van der Waals surface area contributed by atoms with Crippen LogP contribution >= 0.6 is 0 Å². The molecule has 1 aromatic carbocycles. The average molecular weight is 264 g/mol. The summed E-state index contributed by atoms with van der Waals surface area (Å²) >= 11 is 0. The predicted molar refractivity (Wildman–Crippen MR) is 71.4 cm³/mol. The van der Waals surface area contributed by atoms with Gasteiger partial charge in [0.2, 0.25) is 0 Å². The van der Waals surface area contributed by atoms with Crippen molar-refractivity contribution in [1.82, 2.24) is 0 Å². The van der Waals surface area contributed by atoms with E-state index >= 15 is 0 Å². The van der Waals surface area contributed by atoms with E-state index in [-0.39, 0.29) is 12.3 Å². The molecule has 1 aliphatic rings. The fourth-order valence-electron chi connectivity index (χ4n) is 2.64. The number of hydrogen-bond donors (Lipinski definition) is 1. The Morgan fingerprint density at radius 3 is 2.68 bits per heavy atom. The third-order valence-electron chi connectivity index (χ3n) is 3.66. The van der Waals surface area contributed by atoms with Gasteiger partial charge >= 0.3 is 5.97 Å². The van der Waals surface area contributed by atoms with Crippen LogP contribution in [-0.2, 0) is 16.1 Å². The van der Waals surface area contributed by atoms with Gasteiger partial charge in [0.05, 0.1) is 20.1 Å². The molecule has 19 heavy (non-hydrogen) atoms. The van der Waals surface area contributed by atoms with Crippen molar-refractivity contribution in [2.24, 2.45) is 5.92 Å². The molecule has 0 aliphatic heterocycles. The monoisotopic (exact) mass is 264 g/mol. The van der Waals surface area contributed by atoms with Gasteiger partial charge < -0.3 is 14.6 Å². The molecule has 104 valence electrons. The van der Waals surface area contributed by atoms with Crippen LogP contribution in [0.5, 0.6) is 5.75 Å². The Morgan fingerprint density at radius 2 is 2.16 bits per heavy atom. The molecule has 1 atom stereocenters. The highest BCUT2D eigenvalue weighted by Crippen LogP contribution is 2.46. The van der Waals surface area contributed by atoms with Crippen molar-refractivity contribution in [3.8, 4) is 5.75 Å². The minimum Gasteiger partial charge on any atom is -0.496 e. The predicted octanol–water partition coefficient (Wildman–Crippen LogP) is 2.81. The van der Waals surface area contributed by atoms with Gasteiger partial charge in [0, 0.05) is 12.7 Å². The van der Waals surface area contributed by atoms with Gasteiger partial charge in [0.1, 0.15) is 5.75 Å². The Morgan fingerprint density at radius 1 is 1.42 bits per heavy atom. The fraction of sp³-hybridized carbons (Fsp3) is 0.533. The summed E-state index contributed by atoms with van der Waals surface area (Å²) in [6, 6.07) is 5.82. The molecule has 4 nitrogen and oxygen atoms in total. The van der Waals surface area contributed by atoms with Gasteiger partial charge in [-0.15, -0.1) is 0 Å². The van der Waals surface area contributed by atoms with E-state index in [1.54, 1.807) is 14.2 Å². The van der Waals surface area contributed by atoms with Crippen LogP contribution in [0, 0.1) is 5.92 Å². The minimum absolute atomic E-state index is 0.0674. The van der Waals surface area contributed by atoms with E-state index in [2.05, 4.69) is 0 Å². The number of carbonyl (C=O) groups is 1. The molecular weight excluding hydrogens is 244 g/mol. The number of benzene rings is 1. The van der Waals surface area contributed by atoms with Gasteiger partial charge in [0.25, 0.3) is 0 Å². The third-order valence-corrected chi connectivity index (χ3v) is 3.66. The van der Waals surface area contributed by atoms with Crippen LogP contribution < -0.4 is 4.74 Å². The van der Waals surface area contributed by atoms with Gasteiger partial charge in [-0.05, 0) is 36.3 Å². The smallest absolute Gasteiger partial charge is 0.303 e. The van der Waals surface area contributed by atoms with Crippen LogP contribution in [0.1, 0.15) is 36.3 Å². The van der Waals surface area contributed by atoms with Crippen molar-refractivity contribution < 1.29 is 19.4 Å². The maximum Gasteiger partial charge on any atom is 0.303 e. The van der Waals surface area contributed by atoms with Gasteiger partial charge in [0.15, 0.2) is 0 Å². The van der Waals surface area contributed by atoms with E-state index in [1.165, 1.54) is 0 Å². The van der Waals surface area contributed by atoms with Gasteiger partial charge in [-0.2, -0.15) is 0 Å². The second kappa shape index (κ2) is 6.06. The Bertz CT molecular complexity index is 451. The first-order valence-electron chi connectivity index (χ1n) is 6.53. The van der Waals surface area contributed by atoms with Crippen LogP contribution in [0.3, 0.4) is 0 Å². The van der Waals surface area contributed by atoms with E-state index in [0.29, 0.717) is 12.5 Å². The molecule has 0 bridgehead atoms. The zero-order valence-electron chi connectivity index (χ0n) is 11.4. The van der Waals surface area contributed by atoms with Crippen LogP contribution in [0.4, 0.5) is 0 Å². The summed E-state index contributed by atoms with van der Waals surface area (Å²) in [5.41, 5.74) is 2.04. The Balaban J connectivity index is 2.36. The lowest BCUT2D eigenvalue weighted by molar-refractivity contribution is -0.137. The van der Waals surface area contributed by atoms with E-state index in [9.17, 15) is 4.79 Å². The summed E-state index contributed by atoms with van der Waals surface area (Å²) in [6.07, 6.45) is 2.40. The molecule has 0 heterocycles. The summed E-state index contributed by atoms with van der Waals surface area (Å²) in [6.45, 7) is 0.447. The molecule has 0 amide bonds. The summed E-state index contributed by atoms with van der Waals surface area (Å²) in [5.74, 6) is 0.579. The van der Waals surface area contributed by atoms with Crippen LogP contribution in [0.2, 0.25) is 0 Å². The van der Waals surface area contributed by atoms with Crippen molar-refractivity contribution in [3.05, 3.63) is 29.3 Å². The molecule has 1 unspecified atom stereocenters. The number of ether oxygens (including phenoxy) is 2. The van der Waals surface area contributed by atoms with E-state index < -0.39 is 5.97 Å². The molecule has 0 spiro atoms. The third kappa shape index (κ3) is 3.26. The molecule has 1 N–H and O–H groups in total. The minimum atomic E-state index is -0.747. The van der Waals surface area contributed by atoms with Crippen molar-refractivity contribution in [2.75, 3.05) is 14.2 Å². The van der Waals surface area contributed by atoms with Gasteiger partial charge in [-0.3, -0.25) is 4.79 Å². The highest BCUT2D eigenvalue weighted by atomic mass is 16.5. The van der Waals surface area contributed by atoms with Gasteiger partial charge in [-0.1, -0.05) is 12.1 Å². The first-order valence-corrected chi connectivity index (χ1v) is 6.53. The van der Waals surface area contributed by atoms with Crippen LogP contribution in [-0.4, -0.2) is 25.3 Å². The SMILES string of the molecule is COCc1c(OC)cccc1C(CC(=O)O)C1CC1.